The molecule has 1 N–H and O–H groups in total. The van der Waals surface area contributed by atoms with E-state index in [4.69, 9.17) is 5.11 Å². The van der Waals surface area contributed by atoms with Gasteiger partial charge in [0, 0.05) is 12.6 Å². The van der Waals surface area contributed by atoms with E-state index in [0.717, 1.165) is 6.42 Å². The van der Waals surface area contributed by atoms with Crippen molar-refractivity contribution >= 4 is 16.0 Å². The lowest BCUT2D eigenvalue weighted by Crippen LogP contribution is -2.50. The third-order valence-electron chi connectivity index (χ3n) is 3.80. The number of piperidine rings is 1. The number of nitrogens with zero attached hydrogens (tertiary/aromatic N) is 1. The Morgan fingerprint density at radius 1 is 1.50 bits per heavy atom. The van der Waals surface area contributed by atoms with Crippen molar-refractivity contribution in [1.29, 1.82) is 0 Å². The monoisotopic (exact) mass is 277 g/mol. The second-order valence-electron chi connectivity index (χ2n) is 5.23. The van der Waals surface area contributed by atoms with Crippen LogP contribution in [0.2, 0.25) is 0 Å². The first kappa shape index (κ1) is 15.4. The molecular weight excluding hydrogens is 254 g/mol. The summed E-state index contributed by atoms with van der Waals surface area (Å²) < 4.78 is 25.9. The van der Waals surface area contributed by atoms with Crippen LogP contribution < -0.4 is 0 Å². The molecule has 3 atom stereocenters. The van der Waals surface area contributed by atoms with Crippen molar-refractivity contribution < 1.29 is 18.3 Å². The van der Waals surface area contributed by atoms with E-state index in [9.17, 15) is 13.2 Å². The van der Waals surface area contributed by atoms with Crippen LogP contribution in [-0.2, 0) is 14.8 Å². The Kier molecular flexibility index (Phi) is 5.16. The Morgan fingerprint density at radius 2 is 2.11 bits per heavy atom. The summed E-state index contributed by atoms with van der Waals surface area (Å²) >= 11 is 0. The fourth-order valence-electron chi connectivity index (χ4n) is 2.41. The van der Waals surface area contributed by atoms with Crippen LogP contribution in [0.4, 0.5) is 0 Å². The molecule has 1 aliphatic heterocycles. The minimum Gasteiger partial charge on any atom is -0.481 e. The maximum atomic E-state index is 12.3. The molecule has 0 aromatic rings. The molecule has 0 aromatic heterocycles. The number of carboxylic acids is 1. The van der Waals surface area contributed by atoms with Crippen molar-refractivity contribution in [3.8, 4) is 0 Å². The van der Waals surface area contributed by atoms with E-state index in [-0.39, 0.29) is 11.7 Å². The average molecular weight is 277 g/mol. The minimum absolute atomic E-state index is 0.104. The van der Waals surface area contributed by atoms with Gasteiger partial charge in [-0.15, -0.1) is 0 Å². The Bertz CT molecular complexity index is 393. The number of sulfonamides is 1. The highest BCUT2D eigenvalue weighted by molar-refractivity contribution is 7.89. The molecule has 0 aromatic carbocycles. The maximum absolute atomic E-state index is 12.3. The highest BCUT2D eigenvalue weighted by atomic mass is 32.2. The topological polar surface area (TPSA) is 74.7 Å². The maximum Gasteiger partial charge on any atom is 0.308 e. The van der Waals surface area contributed by atoms with Gasteiger partial charge in [0.1, 0.15) is 0 Å². The summed E-state index contributed by atoms with van der Waals surface area (Å²) in [6.45, 7) is 6.01. The molecule has 1 fully saturated rings. The zero-order valence-electron chi connectivity index (χ0n) is 11.3. The summed E-state index contributed by atoms with van der Waals surface area (Å²) in [7, 11) is -3.34. The molecule has 0 amide bonds. The zero-order chi connectivity index (χ0) is 13.9. The molecule has 106 valence electrons. The fourth-order valence-corrected chi connectivity index (χ4v) is 4.62. The van der Waals surface area contributed by atoms with Crippen molar-refractivity contribution in [2.75, 3.05) is 12.3 Å². The predicted octanol–water partition coefficient (Wildman–Crippen LogP) is 1.55. The van der Waals surface area contributed by atoms with Gasteiger partial charge in [-0.3, -0.25) is 4.79 Å². The summed E-state index contributed by atoms with van der Waals surface area (Å²) in [5.74, 6) is -1.26. The summed E-state index contributed by atoms with van der Waals surface area (Å²) in [6.07, 6.45) is 2.00. The fraction of sp³-hybridized carbons (Fsp3) is 0.917. The third-order valence-corrected chi connectivity index (χ3v) is 6.02. The van der Waals surface area contributed by atoms with Gasteiger partial charge in [-0.05, 0) is 25.7 Å². The lowest BCUT2D eigenvalue weighted by molar-refractivity contribution is -0.144. The summed E-state index contributed by atoms with van der Waals surface area (Å²) in [5, 5.41) is 9.10. The van der Waals surface area contributed by atoms with E-state index in [1.165, 1.54) is 4.31 Å². The van der Waals surface area contributed by atoms with E-state index >= 15 is 0 Å². The highest BCUT2D eigenvalue weighted by Crippen LogP contribution is 2.27. The number of carbonyl (C=O) groups is 1. The number of hydrogen-bond acceptors (Lipinski definition) is 3. The average Bonchev–Trinajstić information content (AvgIpc) is 2.27. The molecule has 6 heteroatoms. The first-order valence-corrected chi connectivity index (χ1v) is 8.12. The van der Waals surface area contributed by atoms with Crippen molar-refractivity contribution in [2.24, 2.45) is 11.8 Å². The summed E-state index contributed by atoms with van der Waals surface area (Å²) in [6, 6.07) is -0.440. The SMILES string of the molecule is CCC(C)CS(=O)(=O)N1CCC[C@H](C(=O)O)[C@@H]1C. The number of aliphatic carboxylic acids is 1. The van der Waals surface area contributed by atoms with Gasteiger partial charge in [-0.1, -0.05) is 20.3 Å². The van der Waals surface area contributed by atoms with Gasteiger partial charge in [0.2, 0.25) is 10.0 Å². The highest BCUT2D eigenvalue weighted by Gasteiger charge is 2.38. The lowest BCUT2D eigenvalue weighted by Gasteiger charge is -2.36. The molecule has 0 radical (unpaired) electrons. The molecule has 0 spiro atoms. The van der Waals surface area contributed by atoms with Crippen LogP contribution in [0.5, 0.6) is 0 Å². The Morgan fingerprint density at radius 3 is 2.61 bits per heavy atom. The van der Waals surface area contributed by atoms with Crippen LogP contribution >= 0.6 is 0 Å². The number of rotatable bonds is 5. The Balaban J connectivity index is 2.84. The lowest BCUT2D eigenvalue weighted by atomic mass is 9.92. The van der Waals surface area contributed by atoms with Gasteiger partial charge in [-0.2, -0.15) is 4.31 Å². The standard InChI is InChI=1S/C12H23NO4S/c1-4-9(2)8-18(16,17)13-7-5-6-11(10(13)3)12(14)15/h9-11H,4-8H2,1-3H3,(H,14,15)/t9?,10-,11-/m0/s1. The smallest absolute Gasteiger partial charge is 0.308 e. The number of carboxylic acid groups (broad SMARTS) is 1. The quantitative estimate of drug-likeness (QED) is 0.827. The normalized spacial score (nSPS) is 27.9. The van der Waals surface area contributed by atoms with E-state index in [0.29, 0.717) is 19.4 Å². The van der Waals surface area contributed by atoms with Crippen LogP contribution in [0.3, 0.4) is 0 Å². The van der Waals surface area contributed by atoms with Gasteiger partial charge in [0.15, 0.2) is 0 Å². The van der Waals surface area contributed by atoms with Gasteiger partial charge in [0.05, 0.1) is 11.7 Å². The van der Waals surface area contributed by atoms with Crippen LogP contribution in [0.1, 0.15) is 40.0 Å². The second kappa shape index (κ2) is 6.02. The van der Waals surface area contributed by atoms with Crippen molar-refractivity contribution in [3.05, 3.63) is 0 Å². The zero-order valence-corrected chi connectivity index (χ0v) is 12.1. The van der Waals surface area contributed by atoms with Gasteiger partial charge >= 0.3 is 5.97 Å². The predicted molar refractivity (Wildman–Crippen MR) is 69.8 cm³/mol. The minimum atomic E-state index is -3.34. The van der Waals surface area contributed by atoms with Gasteiger partial charge in [0.25, 0.3) is 0 Å². The van der Waals surface area contributed by atoms with E-state index < -0.39 is 28.0 Å². The molecule has 0 bridgehead atoms. The van der Waals surface area contributed by atoms with Gasteiger partial charge in [-0.25, -0.2) is 8.42 Å². The Labute approximate surface area is 109 Å². The molecule has 18 heavy (non-hydrogen) atoms. The molecule has 5 nitrogen and oxygen atoms in total. The van der Waals surface area contributed by atoms with E-state index in [1.807, 2.05) is 13.8 Å². The third kappa shape index (κ3) is 3.45. The molecule has 1 unspecified atom stereocenters. The molecular formula is C12H23NO4S. The second-order valence-corrected chi connectivity index (χ2v) is 7.20. The van der Waals surface area contributed by atoms with Crippen LogP contribution in [0, 0.1) is 11.8 Å². The number of hydrogen-bond donors (Lipinski definition) is 1. The van der Waals surface area contributed by atoms with Crippen molar-refractivity contribution in [3.63, 3.8) is 0 Å². The molecule has 1 aliphatic rings. The van der Waals surface area contributed by atoms with Crippen molar-refractivity contribution in [1.82, 2.24) is 4.31 Å². The largest absolute Gasteiger partial charge is 0.481 e. The van der Waals surface area contributed by atoms with Gasteiger partial charge < -0.3 is 5.11 Å². The van der Waals surface area contributed by atoms with Crippen molar-refractivity contribution in [2.45, 2.75) is 46.1 Å². The summed E-state index contributed by atoms with van der Waals surface area (Å²) in [4.78, 5) is 11.1. The first-order valence-electron chi connectivity index (χ1n) is 6.52. The summed E-state index contributed by atoms with van der Waals surface area (Å²) in [5.41, 5.74) is 0. The molecule has 1 rings (SSSR count). The van der Waals surface area contributed by atoms with Crippen LogP contribution in [0.25, 0.3) is 0 Å². The molecule has 0 saturated carbocycles. The first-order chi connectivity index (χ1) is 8.29. The molecule has 0 aliphatic carbocycles. The molecule has 1 saturated heterocycles. The van der Waals surface area contributed by atoms with E-state index in [1.54, 1.807) is 6.92 Å². The Hall–Kier alpha value is -0.620. The van der Waals surface area contributed by atoms with E-state index in [2.05, 4.69) is 0 Å². The molecule has 1 heterocycles. The van der Waals surface area contributed by atoms with Crippen LogP contribution in [0.15, 0.2) is 0 Å². The van der Waals surface area contributed by atoms with Crippen LogP contribution in [-0.4, -0.2) is 42.1 Å².